The normalized spacial score (nSPS) is 10.9. The van der Waals surface area contributed by atoms with E-state index in [0.29, 0.717) is 13.0 Å². The second-order valence-corrected chi connectivity index (χ2v) is 8.36. The van der Waals surface area contributed by atoms with Gasteiger partial charge in [-0.05, 0) is 31.0 Å². The van der Waals surface area contributed by atoms with E-state index in [2.05, 4.69) is 59.4 Å². The Balaban J connectivity index is 1.43. The molecule has 0 fully saturated rings. The highest BCUT2D eigenvalue weighted by Gasteiger charge is 2.15. The highest BCUT2D eigenvalue weighted by molar-refractivity contribution is 7.10. The molecule has 2 heterocycles. The van der Waals surface area contributed by atoms with Crippen LogP contribution in [0.15, 0.2) is 72.1 Å². The average molecular weight is 416 g/mol. The van der Waals surface area contributed by atoms with E-state index < -0.39 is 0 Å². The molecule has 152 valence electrons. The van der Waals surface area contributed by atoms with Gasteiger partial charge in [0.25, 0.3) is 0 Å². The Kier molecular flexibility index (Phi) is 6.10. The van der Waals surface area contributed by atoms with Gasteiger partial charge in [-0.15, -0.1) is 11.3 Å². The van der Waals surface area contributed by atoms with E-state index in [-0.39, 0.29) is 5.91 Å². The summed E-state index contributed by atoms with van der Waals surface area (Å²) in [7, 11) is 0. The minimum absolute atomic E-state index is 0.00527. The second-order valence-electron chi connectivity index (χ2n) is 7.42. The van der Waals surface area contributed by atoms with Gasteiger partial charge in [-0.2, -0.15) is 0 Å². The summed E-state index contributed by atoms with van der Waals surface area (Å²) >= 11 is 1.54. The molecule has 0 aliphatic rings. The van der Waals surface area contributed by atoms with Crippen molar-refractivity contribution >= 4 is 17.2 Å². The molecule has 1 N–H and O–H groups in total. The molecule has 30 heavy (non-hydrogen) atoms. The van der Waals surface area contributed by atoms with Gasteiger partial charge in [0.15, 0.2) is 0 Å². The summed E-state index contributed by atoms with van der Waals surface area (Å²) < 4.78 is 2.32. The van der Waals surface area contributed by atoms with E-state index in [4.69, 9.17) is 4.98 Å². The van der Waals surface area contributed by atoms with Gasteiger partial charge in [0, 0.05) is 35.4 Å². The number of aromatic nitrogens is 2. The molecular formula is C25H25N3OS. The molecule has 2 aromatic carbocycles. The molecule has 1 amide bonds. The summed E-state index contributed by atoms with van der Waals surface area (Å²) in [5, 5.41) is 5.86. The van der Waals surface area contributed by atoms with Crippen LogP contribution < -0.4 is 5.32 Å². The van der Waals surface area contributed by atoms with Crippen LogP contribution in [0.2, 0.25) is 0 Å². The smallest absolute Gasteiger partial charge is 0.227 e. The molecule has 0 aliphatic heterocycles. The number of hydrogen-bond donors (Lipinski definition) is 1. The number of rotatable bonds is 7. The van der Waals surface area contributed by atoms with Crippen molar-refractivity contribution in [2.24, 2.45) is 0 Å². The first-order chi connectivity index (χ1) is 14.6. The molecular weight excluding hydrogens is 390 g/mol. The maximum Gasteiger partial charge on any atom is 0.227 e. The first-order valence-corrected chi connectivity index (χ1v) is 10.9. The summed E-state index contributed by atoms with van der Waals surface area (Å²) in [4.78, 5) is 17.1. The number of nitrogens with zero attached hydrogens (tertiary/aromatic N) is 2. The van der Waals surface area contributed by atoms with Gasteiger partial charge in [0.2, 0.25) is 5.91 Å². The highest BCUT2D eigenvalue weighted by Crippen LogP contribution is 2.29. The lowest BCUT2D eigenvalue weighted by atomic mass is 10.2. The van der Waals surface area contributed by atoms with Crippen molar-refractivity contribution in [2.45, 2.75) is 33.4 Å². The van der Waals surface area contributed by atoms with Crippen molar-refractivity contribution in [1.82, 2.24) is 14.9 Å². The Morgan fingerprint density at radius 3 is 2.37 bits per heavy atom. The summed E-state index contributed by atoms with van der Waals surface area (Å²) in [6.45, 7) is 5.65. The van der Waals surface area contributed by atoms with E-state index in [1.165, 1.54) is 17.0 Å². The zero-order valence-corrected chi connectivity index (χ0v) is 18.1. The van der Waals surface area contributed by atoms with Gasteiger partial charge in [-0.3, -0.25) is 4.79 Å². The van der Waals surface area contributed by atoms with Gasteiger partial charge < -0.3 is 9.88 Å². The van der Waals surface area contributed by atoms with Gasteiger partial charge >= 0.3 is 0 Å². The van der Waals surface area contributed by atoms with Crippen molar-refractivity contribution in [1.29, 1.82) is 0 Å². The van der Waals surface area contributed by atoms with E-state index in [1.54, 1.807) is 11.3 Å². The molecule has 0 saturated carbocycles. The van der Waals surface area contributed by atoms with Crippen LogP contribution in [-0.4, -0.2) is 15.5 Å². The number of carbonyl (C=O) groups is 1. The Morgan fingerprint density at radius 1 is 1.00 bits per heavy atom. The number of nitrogens with one attached hydrogen (secondary N) is 1. The molecule has 0 radical (unpaired) electrons. The monoisotopic (exact) mass is 415 g/mol. The maximum atomic E-state index is 12.3. The largest absolute Gasteiger partial charge is 0.352 e. The van der Waals surface area contributed by atoms with Crippen molar-refractivity contribution in [3.63, 3.8) is 0 Å². The van der Waals surface area contributed by atoms with E-state index in [1.807, 2.05) is 36.4 Å². The first kappa shape index (κ1) is 20.1. The van der Waals surface area contributed by atoms with Gasteiger partial charge in [-0.1, -0.05) is 60.7 Å². The highest BCUT2D eigenvalue weighted by atomic mass is 32.1. The zero-order chi connectivity index (χ0) is 20.9. The van der Waals surface area contributed by atoms with Crippen LogP contribution in [0, 0.1) is 13.8 Å². The zero-order valence-electron chi connectivity index (χ0n) is 17.3. The number of hydrogen-bond acceptors (Lipinski definition) is 3. The topological polar surface area (TPSA) is 46.9 Å². The van der Waals surface area contributed by atoms with E-state index in [0.717, 1.165) is 28.4 Å². The Hall–Kier alpha value is -3.18. The molecule has 4 nitrogen and oxygen atoms in total. The van der Waals surface area contributed by atoms with Crippen LogP contribution >= 0.6 is 11.3 Å². The first-order valence-electron chi connectivity index (χ1n) is 10.1. The molecule has 0 aliphatic carbocycles. The summed E-state index contributed by atoms with van der Waals surface area (Å²) in [6.07, 6.45) is 0.306. The van der Waals surface area contributed by atoms with Crippen LogP contribution in [0.5, 0.6) is 0 Å². The lowest BCUT2D eigenvalue weighted by Crippen LogP contribution is -2.24. The van der Waals surface area contributed by atoms with Gasteiger partial charge in [0.1, 0.15) is 5.01 Å². The third kappa shape index (κ3) is 4.69. The van der Waals surface area contributed by atoms with Crippen molar-refractivity contribution in [2.75, 3.05) is 0 Å². The fraction of sp³-hybridized carbons (Fsp3) is 0.200. The summed E-state index contributed by atoms with van der Waals surface area (Å²) in [5.74, 6) is -0.00527. The molecule has 4 aromatic rings. The molecule has 5 heteroatoms. The van der Waals surface area contributed by atoms with Gasteiger partial charge in [0.05, 0.1) is 12.1 Å². The Labute approximate surface area is 181 Å². The predicted octanol–water partition coefficient (Wildman–Crippen LogP) is 5.14. The third-order valence-electron chi connectivity index (χ3n) is 5.23. The van der Waals surface area contributed by atoms with E-state index in [9.17, 15) is 4.79 Å². The second kappa shape index (κ2) is 9.09. The lowest BCUT2D eigenvalue weighted by molar-refractivity contribution is -0.120. The maximum absolute atomic E-state index is 12.3. The standard InChI is InChI=1S/C25H25N3OS/c1-18-13-22(19(2)28(18)16-21-11-7-4-8-12-21)23-17-30-25(27-23)14-24(29)26-15-20-9-5-3-6-10-20/h3-13,17H,14-16H2,1-2H3,(H,26,29). The summed E-state index contributed by atoms with van der Waals surface area (Å²) in [6, 6.07) is 22.6. The number of thiazole rings is 1. The predicted molar refractivity (Wildman–Crippen MR) is 123 cm³/mol. The quantitative estimate of drug-likeness (QED) is 0.454. The number of aryl methyl sites for hydroxylation is 1. The molecule has 0 atom stereocenters. The lowest BCUT2D eigenvalue weighted by Gasteiger charge is -2.09. The Bertz CT molecular complexity index is 1130. The molecule has 0 unspecified atom stereocenters. The van der Waals surface area contributed by atoms with E-state index >= 15 is 0 Å². The minimum atomic E-state index is -0.00527. The fourth-order valence-corrected chi connectivity index (χ4v) is 4.37. The number of carbonyl (C=O) groups excluding carboxylic acids is 1. The Morgan fingerprint density at radius 2 is 1.67 bits per heavy atom. The van der Waals surface area contributed by atoms with Crippen molar-refractivity contribution in [3.8, 4) is 11.3 Å². The van der Waals surface area contributed by atoms with Crippen LogP contribution in [0.25, 0.3) is 11.3 Å². The van der Waals surface area contributed by atoms with Crippen LogP contribution in [0.3, 0.4) is 0 Å². The average Bonchev–Trinajstić information content (AvgIpc) is 3.33. The third-order valence-corrected chi connectivity index (χ3v) is 6.08. The summed E-state index contributed by atoms with van der Waals surface area (Å²) in [5.41, 5.74) is 6.86. The molecule has 0 bridgehead atoms. The van der Waals surface area contributed by atoms with Crippen molar-refractivity contribution in [3.05, 3.63) is 99.6 Å². The van der Waals surface area contributed by atoms with Crippen LogP contribution in [0.1, 0.15) is 27.5 Å². The number of amides is 1. The van der Waals surface area contributed by atoms with Crippen molar-refractivity contribution < 1.29 is 4.79 Å². The molecule has 2 aromatic heterocycles. The van der Waals surface area contributed by atoms with Crippen LogP contribution in [0.4, 0.5) is 0 Å². The van der Waals surface area contributed by atoms with Gasteiger partial charge in [-0.25, -0.2) is 4.98 Å². The minimum Gasteiger partial charge on any atom is -0.352 e. The fourth-order valence-electron chi connectivity index (χ4n) is 3.58. The number of benzene rings is 2. The molecule has 0 saturated heterocycles. The molecule has 0 spiro atoms. The molecule has 4 rings (SSSR count). The van der Waals surface area contributed by atoms with Crippen LogP contribution in [-0.2, 0) is 24.3 Å². The SMILES string of the molecule is Cc1cc(-c2csc(CC(=O)NCc3ccccc3)n2)c(C)n1Cc1ccccc1.